The largest absolute Gasteiger partial charge is 1.00 e. The fourth-order valence-corrected chi connectivity index (χ4v) is 2.02. The Hall–Kier alpha value is -0.0452. The second-order valence-corrected chi connectivity index (χ2v) is 6.00. The van der Waals surface area contributed by atoms with Crippen LogP contribution in [0.3, 0.4) is 0 Å². The van der Waals surface area contributed by atoms with E-state index in [1.165, 1.54) is 0 Å². The van der Waals surface area contributed by atoms with E-state index in [-0.39, 0.29) is 37.7 Å². The van der Waals surface area contributed by atoms with Crippen molar-refractivity contribution in [2.24, 2.45) is 0 Å². The molecule has 1 rings (SSSR count). The van der Waals surface area contributed by atoms with E-state index in [9.17, 15) is 25.9 Å². The van der Waals surface area contributed by atoms with Gasteiger partial charge in [0.25, 0.3) is 0 Å². The van der Waals surface area contributed by atoms with Crippen molar-refractivity contribution in [3.63, 3.8) is 0 Å². The summed E-state index contributed by atoms with van der Waals surface area (Å²) in [4.78, 5) is 0. The van der Waals surface area contributed by atoms with Crippen LogP contribution in [0.25, 0.3) is 0 Å². The van der Waals surface area contributed by atoms with Gasteiger partial charge in [0, 0.05) is 0 Å². The molecule has 0 N–H and O–H groups in total. The van der Waals surface area contributed by atoms with Crippen molar-refractivity contribution in [3.8, 4) is 5.75 Å². The Labute approximate surface area is 159 Å². The molecule has 23 heavy (non-hydrogen) atoms. The maximum atomic E-state index is 10.5. The predicted octanol–water partition coefficient (Wildman–Crippen LogP) is -6.30. The van der Waals surface area contributed by atoms with Crippen LogP contribution < -0.4 is 42.5 Å². The summed E-state index contributed by atoms with van der Waals surface area (Å²) in [6.07, 6.45) is -1.57. The standard InChI is InChI=1S/C10H14O9S2.2Li/c1-8-2-4-9(5-3-8)17-6-10(19-21(14,15)16)7-18-20(11,12)13;;/h2-5,10H,6-7H2,1H3,(H,11,12,13)(H,14,15,16);;/q;2*+1/p-2. The molecule has 13 heteroatoms. The molecule has 0 amide bonds. The molecule has 1 atom stereocenters. The van der Waals surface area contributed by atoms with E-state index < -0.39 is 40.1 Å². The maximum Gasteiger partial charge on any atom is 1.00 e. The molecule has 1 unspecified atom stereocenters. The summed E-state index contributed by atoms with van der Waals surface area (Å²) in [7, 11) is -10.2. The van der Waals surface area contributed by atoms with E-state index in [1.54, 1.807) is 24.3 Å². The van der Waals surface area contributed by atoms with Crippen molar-refractivity contribution in [1.82, 2.24) is 0 Å². The molecule has 9 nitrogen and oxygen atoms in total. The van der Waals surface area contributed by atoms with Gasteiger partial charge in [0.1, 0.15) is 18.5 Å². The molecular formula is C10H12Li2O9S2. The second kappa shape index (κ2) is 10.7. The number of ether oxygens (including phenoxy) is 1. The third-order valence-electron chi connectivity index (χ3n) is 2.11. The summed E-state index contributed by atoms with van der Waals surface area (Å²) >= 11 is 0. The van der Waals surface area contributed by atoms with Gasteiger partial charge in [-0.2, -0.15) is 0 Å². The fourth-order valence-electron chi connectivity index (χ4n) is 1.25. The van der Waals surface area contributed by atoms with Gasteiger partial charge in [-0.05, 0) is 19.1 Å². The molecule has 0 fully saturated rings. The van der Waals surface area contributed by atoms with Crippen molar-refractivity contribution in [2.45, 2.75) is 13.0 Å². The molecular weight excluding hydrogens is 342 g/mol. The van der Waals surface area contributed by atoms with Crippen LogP contribution in [0, 0.1) is 6.92 Å². The first-order chi connectivity index (χ1) is 9.55. The third-order valence-corrected chi connectivity index (χ3v) is 3.04. The van der Waals surface area contributed by atoms with Crippen LogP contribution in [0.2, 0.25) is 0 Å². The van der Waals surface area contributed by atoms with Gasteiger partial charge in [0.15, 0.2) is 0 Å². The van der Waals surface area contributed by atoms with Crippen LogP contribution in [0.5, 0.6) is 5.75 Å². The second-order valence-electron chi connectivity index (χ2n) is 3.94. The van der Waals surface area contributed by atoms with Crippen LogP contribution in [0.15, 0.2) is 24.3 Å². The molecule has 0 aliphatic carbocycles. The monoisotopic (exact) mass is 354 g/mol. The smallest absolute Gasteiger partial charge is 0.726 e. The number of hydrogen-bond donors (Lipinski definition) is 0. The maximum absolute atomic E-state index is 10.5. The van der Waals surface area contributed by atoms with Crippen LogP contribution in [-0.2, 0) is 29.2 Å². The normalized spacial score (nSPS) is 12.7. The molecule has 0 aliphatic rings. The summed E-state index contributed by atoms with van der Waals surface area (Å²) in [5.41, 5.74) is 0.957. The summed E-state index contributed by atoms with van der Waals surface area (Å²) in [5.74, 6) is 0.336. The Morgan fingerprint density at radius 3 is 1.91 bits per heavy atom. The summed E-state index contributed by atoms with van der Waals surface area (Å²) in [6.45, 7) is 0.381. The van der Waals surface area contributed by atoms with Crippen LogP contribution >= 0.6 is 0 Å². The van der Waals surface area contributed by atoms with Gasteiger partial charge in [0.2, 0.25) is 20.8 Å². The zero-order valence-electron chi connectivity index (χ0n) is 12.8. The SMILES string of the molecule is Cc1ccc(OCC(COS(=O)(=O)[O-])OS(=O)(=O)[O-])cc1.[Li+].[Li+]. The van der Waals surface area contributed by atoms with Crippen molar-refractivity contribution in [3.05, 3.63) is 29.8 Å². The molecule has 0 radical (unpaired) electrons. The molecule has 0 saturated carbocycles. The van der Waals surface area contributed by atoms with Crippen molar-refractivity contribution < 1.29 is 76.8 Å². The molecule has 1 aromatic carbocycles. The Morgan fingerprint density at radius 2 is 1.48 bits per heavy atom. The molecule has 1 aromatic rings. The number of hydrogen-bond acceptors (Lipinski definition) is 9. The minimum Gasteiger partial charge on any atom is -0.726 e. The van der Waals surface area contributed by atoms with E-state index >= 15 is 0 Å². The Morgan fingerprint density at radius 1 is 0.957 bits per heavy atom. The first kappa shape index (κ1) is 25.2. The zero-order chi connectivity index (χ0) is 16.1. The van der Waals surface area contributed by atoms with Crippen molar-refractivity contribution in [1.29, 1.82) is 0 Å². The third kappa shape index (κ3) is 13.0. The van der Waals surface area contributed by atoms with Crippen LogP contribution in [0.1, 0.15) is 5.56 Å². The predicted molar refractivity (Wildman–Crippen MR) is 66.9 cm³/mol. The molecule has 120 valence electrons. The minimum atomic E-state index is -5.11. The van der Waals surface area contributed by atoms with Gasteiger partial charge in [0.05, 0.1) is 6.61 Å². The summed E-state index contributed by atoms with van der Waals surface area (Å²) in [6, 6.07) is 6.58. The summed E-state index contributed by atoms with van der Waals surface area (Å²) < 4.78 is 75.5. The number of rotatable bonds is 8. The van der Waals surface area contributed by atoms with Gasteiger partial charge in [-0.25, -0.2) is 16.8 Å². The quantitative estimate of drug-likeness (QED) is 0.253. The van der Waals surface area contributed by atoms with Gasteiger partial charge >= 0.3 is 37.7 Å². The van der Waals surface area contributed by atoms with Crippen molar-refractivity contribution >= 4 is 20.8 Å². The Bertz CT molecular complexity index is 658. The molecule has 0 aromatic heterocycles. The van der Waals surface area contributed by atoms with Crippen LogP contribution in [0.4, 0.5) is 0 Å². The van der Waals surface area contributed by atoms with Crippen molar-refractivity contribution in [2.75, 3.05) is 13.2 Å². The molecule has 0 aliphatic heterocycles. The Kier molecular flexibility index (Phi) is 11.8. The van der Waals surface area contributed by atoms with Gasteiger partial charge < -0.3 is 13.8 Å². The topological polar surface area (TPSA) is 142 Å². The molecule has 0 bridgehead atoms. The first-order valence-electron chi connectivity index (χ1n) is 5.49. The van der Waals surface area contributed by atoms with Crippen LogP contribution in [-0.4, -0.2) is 45.3 Å². The Balaban J connectivity index is 0. The fraction of sp³-hybridized carbons (Fsp3) is 0.400. The number of benzene rings is 1. The van der Waals surface area contributed by atoms with E-state index in [2.05, 4.69) is 8.37 Å². The average Bonchev–Trinajstić information content (AvgIpc) is 2.32. The van der Waals surface area contributed by atoms with E-state index in [0.717, 1.165) is 5.56 Å². The minimum absolute atomic E-state index is 0. The van der Waals surface area contributed by atoms with E-state index in [4.69, 9.17) is 4.74 Å². The van der Waals surface area contributed by atoms with E-state index in [0.29, 0.717) is 5.75 Å². The molecule has 0 heterocycles. The first-order valence-corrected chi connectivity index (χ1v) is 8.16. The van der Waals surface area contributed by atoms with Gasteiger partial charge in [-0.3, -0.25) is 8.37 Å². The summed E-state index contributed by atoms with van der Waals surface area (Å²) in [5, 5.41) is 0. The van der Waals surface area contributed by atoms with Gasteiger partial charge in [-0.1, -0.05) is 17.7 Å². The van der Waals surface area contributed by atoms with Gasteiger partial charge in [-0.15, -0.1) is 0 Å². The average molecular weight is 354 g/mol. The van der Waals surface area contributed by atoms with E-state index in [1.807, 2.05) is 6.92 Å². The molecule has 0 saturated heterocycles. The number of aryl methyl sites for hydroxylation is 1. The molecule has 0 spiro atoms. The zero-order valence-corrected chi connectivity index (χ0v) is 14.4.